The molecule has 0 bridgehead atoms. The monoisotopic (exact) mass is 1390 g/mol. The van der Waals surface area contributed by atoms with Crippen LogP contribution in [0, 0.1) is 35.5 Å². The summed E-state index contributed by atoms with van der Waals surface area (Å²) in [6, 6.07) is 31.2. The van der Waals surface area contributed by atoms with Gasteiger partial charge in [0.25, 0.3) is 0 Å². The van der Waals surface area contributed by atoms with Crippen LogP contribution in [0.1, 0.15) is 177 Å². The maximum absolute atomic E-state index is 14.8. The number of nitrogens with zero attached hydrogens (tertiary/aromatic N) is 2. The fraction of sp³-hybridized carbons (Fsp3) is 0.525. The van der Waals surface area contributed by atoms with Crippen molar-refractivity contribution in [2.45, 2.75) is 216 Å². The van der Waals surface area contributed by atoms with E-state index in [0.29, 0.717) is 127 Å². The van der Waals surface area contributed by atoms with E-state index in [2.05, 4.69) is 101 Å². The third kappa shape index (κ3) is 23.2. The third-order valence-electron chi connectivity index (χ3n) is 20.3. The molecular formula is C80H106N12O10. The molecule has 0 aromatic heterocycles. The molecule has 4 saturated heterocycles. The maximum atomic E-state index is 14.8. The van der Waals surface area contributed by atoms with Crippen molar-refractivity contribution in [1.82, 2.24) is 63.0 Å². The Morgan fingerprint density at radius 2 is 0.892 bits per heavy atom. The van der Waals surface area contributed by atoms with E-state index in [1.165, 1.54) is 0 Å². The summed E-state index contributed by atoms with van der Waals surface area (Å²) in [5.74, 6) is 7.98. The molecule has 0 aliphatic carbocycles. The Kier molecular flexibility index (Phi) is 32.2. The zero-order valence-corrected chi connectivity index (χ0v) is 59.8. The van der Waals surface area contributed by atoms with Crippen LogP contribution in [0.4, 0.5) is 0 Å². The number of nitrogens with one attached hydrogen (secondary N) is 10. The first kappa shape index (κ1) is 78.7. The topological polar surface area (TPSA) is 297 Å². The van der Waals surface area contributed by atoms with E-state index >= 15 is 0 Å². The molecule has 4 aromatic rings. The van der Waals surface area contributed by atoms with Crippen molar-refractivity contribution in [3.63, 3.8) is 0 Å². The quantitative estimate of drug-likeness (QED) is 0.0180. The fourth-order valence-electron chi connectivity index (χ4n) is 14.6. The average molecular weight is 1400 g/mol. The van der Waals surface area contributed by atoms with E-state index in [4.69, 9.17) is 0 Å². The second-order valence-electron chi connectivity index (χ2n) is 27.2. The Morgan fingerprint density at radius 1 is 0.471 bits per heavy atom. The number of ketones is 2. The van der Waals surface area contributed by atoms with E-state index in [0.717, 1.165) is 11.1 Å². The molecule has 12 atom stereocenters. The van der Waals surface area contributed by atoms with Crippen molar-refractivity contribution >= 4 is 58.8 Å². The number of amides is 8. The molecule has 0 saturated carbocycles. The minimum atomic E-state index is -1.07. The highest BCUT2D eigenvalue weighted by molar-refractivity contribution is 5.98. The number of carbonyl (C=O) groups excluding carboxylic acids is 10. The number of benzene rings is 4. The fourth-order valence-corrected chi connectivity index (χ4v) is 14.6. The molecule has 0 radical (unpaired) electrons. The number of likely N-dealkylation sites (N-methyl/N-ethyl adjacent to an activating group) is 2. The van der Waals surface area contributed by atoms with Gasteiger partial charge in [-0.15, -0.1) is 0 Å². The second kappa shape index (κ2) is 41.8. The van der Waals surface area contributed by atoms with Gasteiger partial charge in [-0.1, -0.05) is 147 Å². The number of hydrogen-bond acceptors (Lipinski definition) is 14. The largest absolute Gasteiger partial charge is 0.356 e. The number of carbonyl (C=O) groups is 10. The molecule has 4 aliphatic rings. The van der Waals surface area contributed by atoms with Gasteiger partial charge in [0, 0.05) is 76.8 Å². The van der Waals surface area contributed by atoms with Crippen LogP contribution in [0.15, 0.2) is 121 Å². The van der Waals surface area contributed by atoms with Gasteiger partial charge in [0.05, 0.1) is 12.1 Å². The van der Waals surface area contributed by atoms with Gasteiger partial charge in [0.15, 0.2) is 5.78 Å². The Hall–Kier alpha value is -9.06. The van der Waals surface area contributed by atoms with Crippen molar-refractivity contribution in [2.24, 2.45) is 11.8 Å². The molecule has 8 rings (SSSR count). The lowest BCUT2D eigenvalue weighted by molar-refractivity contribution is -0.144. The Morgan fingerprint density at radius 3 is 1.36 bits per heavy atom. The maximum Gasteiger partial charge on any atom is 0.247 e. The number of hydrogen-bond donors (Lipinski definition) is 10. The van der Waals surface area contributed by atoms with Crippen LogP contribution in [0.5, 0.6) is 0 Å². The molecular weight excluding hydrogens is 1290 g/mol. The summed E-state index contributed by atoms with van der Waals surface area (Å²) >= 11 is 0. The van der Waals surface area contributed by atoms with Crippen molar-refractivity contribution in [3.8, 4) is 23.7 Å². The first-order valence-electron chi connectivity index (χ1n) is 37.0. The van der Waals surface area contributed by atoms with Crippen LogP contribution in [0.2, 0.25) is 0 Å². The lowest BCUT2D eigenvalue weighted by Crippen LogP contribution is -2.58. The van der Waals surface area contributed by atoms with Crippen LogP contribution in [-0.2, 0) is 61.0 Å². The Balaban J connectivity index is 0.741. The van der Waals surface area contributed by atoms with Crippen LogP contribution in [-0.4, -0.2) is 157 Å². The molecule has 0 unspecified atom stereocenters. The molecule has 102 heavy (non-hydrogen) atoms. The van der Waals surface area contributed by atoms with Crippen molar-refractivity contribution in [2.75, 3.05) is 40.3 Å². The highest BCUT2D eigenvalue weighted by Gasteiger charge is 2.50. The lowest BCUT2D eigenvalue weighted by Gasteiger charge is -2.33. The van der Waals surface area contributed by atoms with Gasteiger partial charge in [-0.25, -0.2) is 0 Å². The minimum Gasteiger partial charge on any atom is -0.356 e. The predicted molar refractivity (Wildman–Crippen MR) is 392 cm³/mol. The van der Waals surface area contributed by atoms with Crippen molar-refractivity contribution in [3.05, 3.63) is 144 Å². The number of rotatable bonds is 38. The highest BCUT2D eigenvalue weighted by atomic mass is 16.2. The molecule has 4 fully saturated rings. The average Bonchev–Trinajstić information content (AvgIpc) is 1.62. The first-order chi connectivity index (χ1) is 49.6. The normalized spacial score (nSPS) is 21.1. The van der Waals surface area contributed by atoms with Crippen LogP contribution >= 0.6 is 0 Å². The van der Waals surface area contributed by atoms with Crippen molar-refractivity contribution in [1.29, 1.82) is 0 Å². The lowest BCUT2D eigenvalue weighted by atomic mass is 9.90. The van der Waals surface area contributed by atoms with Gasteiger partial charge in [-0.3, -0.25) is 47.9 Å². The van der Waals surface area contributed by atoms with Gasteiger partial charge < -0.3 is 63.0 Å². The van der Waals surface area contributed by atoms with Gasteiger partial charge in [0.1, 0.15) is 42.0 Å². The summed E-state index contributed by atoms with van der Waals surface area (Å²) < 4.78 is 0. The highest BCUT2D eigenvalue weighted by Crippen LogP contribution is 2.38. The molecule has 4 aromatic carbocycles. The standard InChI is InChI=1S/C80H106N12O10/c1-5-64(81-3)74(96)89-72-59(47-51-83-53-55-27-15-11-16-28-55)39-41-61-43-45-66(91(61)79(72)101)76(98)87-70(57-31-19-13-20-32-57)68(94)37-26-49-85-69(95)38-24-10-8-7-9-23-35-63(93)36-25-50-86-78(100)71(58-33-21-14-22-34-58)88-77(99)67-46-44-62-42-40-60(48-52-84-54-56-29-17-12-18-30-56)73(80(102)92(62)67)90-75(97)65(6-2)82-4/h11-22,27-34,59-62,64-67,70-73,81-84H,5-6,23-26,35-54H2,1-4H3,(H,85,95)(H,86,100)(H,87,98)(H,88,99)(H,89,96)(H,90,97)/t59-,60-,61+,62+,64+,65+,66+,67+,70+,71+,72+,73+/m1/s1. The van der Waals surface area contributed by atoms with E-state index < -0.39 is 66.1 Å². The van der Waals surface area contributed by atoms with E-state index in [1.807, 2.05) is 62.4 Å². The molecule has 4 aliphatic heterocycles. The van der Waals surface area contributed by atoms with Gasteiger partial charge in [-0.05, 0) is 163 Å². The number of fused-ring (bicyclic) bond motifs is 2. The molecule has 10 N–H and O–H groups in total. The van der Waals surface area contributed by atoms with E-state index in [9.17, 15) is 47.9 Å². The summed E-state index contributed by atoms with van der Waals surface area (Å²) in [6.45, 7) is 6.82. The zero-order chi connectivity index (χ0) is 72.6. The van der Waals surface area contributed by atoms with E-state index in [1.54, 1.807) is 72.4 Å². The van der Waals surface area contributed by atoms with Crippen LogP contribution < -0.4 is 53.2 Å². The van der Waals surface area contributed by atoms with Gasteiger partial charge in [0.2, 0.25) is 47.3 Å². The molecule has 546 valence electrons. The zero-order valence-electron chi connectivity index (χ0n) is 59.8. The Labute approximate surface area is 602 Å². The van der Waals surface area contributed by atoms with Crippen LogP contribution in [0.3, 0.4) is 0 Å². The summed E-state index contributed by atoms with van der Waals surface area (Å²) in [5, 5.41) is 31.0. The molecule has 22 heteroatoms. The minimum absolute atomic E-state index is 0.0409. The smallest absolute Gasteiger partial charge is 0.247 e. The predicted octanol–water partition coefficient (Wildman–Crippen LogP) is 6.06. The summed E-state index contributed by atoms with van der Waals surface area (Å²) in [6.07, 6.45) is 8.91. The summed E-state index contributed by atoms with van der Waals surface area (Å²) in [7, 11) is 3.43. The van der Waals surface area contributed by atoms with Gasteiger partial charge >= 0.3 is 0 Å². The first-order valence-corrected chi connectivity index (χ1v) is 37.0. The number of Topliss-reactive ketones (excluding diaryl/α,β-unsaturated/α-hetero) is 2. The molecule has 22 nitrogen and oxygen atoms in total. The molecule has 8 amide bonds. The van der Waals surface area contributed by atoms with Crippen molar-refractivity contribution < 1.29 is 47.9 Å². The molecule has 0 spiro atoms. The van der Waals surface area contributed by atoms with Gasteiger partial charge in [-0.2, -0.15) is 0 Å². The second-order valence-corrected chi connectivity index (χ2v) is 27.2. The summed E-state index contributed by atoms with van der Waals surface area (Å²) in [4.78, 5) is 143. The Bertz CT molecular complexity index is 3300. The molecule has 4 heterocycles. The van der Waals surface area contributed by atoms with Crippen LogP contribution in [0.25, 0.3) is 0 Å². The SMILES string of the molecule is CC[C@H](NC)C(=O)N[C@@H]1C(=O)N2[C@@H](CC[C@@H]1CCNCc1ccccc1)CC[C@H]2C(=O)N[C@H](C(=O)CCCNC(=O)CCC#CC#CCCC(=O)CCCNC(=O)[C@@H](NC(=O)[C@@H]1CC[C@@H]2CC[C@H](CCNCc3ccccc3)[C@H](NC(=O)[C@H](CC)NC)C(=O)N21)c1ccccc1)c1ccccc1. The summed E-state index contributed by atoms with van der Waals surface area (Å²) in [5.41, 5.74) is 3.45. The third-order valence-corrected chi connectivity index (χ3v) is 20.3. The van der Waals surface area contributed by atoms with E-state index in [-0.39, 0.29) is 117 Å².